The number of rotatable bonds is 5. The standard InChI is InChI=1S/C43H58N4O6/c1-8-40(51)23-26(3)24-43(38(49)53-7,34-28(15-18-44-25-40)27-13-10-11-14-31(27)45-34)30-21-29-32(22-33(30)52-6)46(5)35-39(4,50)37(48)41(9-2)16-12-19-47-20-17-42(29,35)36(41)47/h10-14,16,21-22,26,35-37,44-45,48,50-51H,8-9,15,17-20,23-25H2,1-7H3/t26-,35?,36+,37+,39+,40?,41-,42+,43+/m1/s1. The lowest BCUT2D eigenvalue weighted by Crippen LogP contribution is -2.77. The minimum atomic E-state index is -1.45. The molecular formula is C43H58N4O6. The third-order valence-electron chi connectivity index (χ3n) is 14.5. The quantitative estimate of drug-likeness (QED) is 0.190. The van der Waals surface area contributed by atoms with Gasteiger partial charge in [0.1, 0.15) is 16.8 Å². The number of para-hydroxylation sites is 1. The van der Waals surface area contributed by atoms with E-state index in [1.165, 1.54) is 7.11 Å². The number of aromatic nitrogens is 1. The number of methoxy groups -OCH3 is 2. The highest BCUT2D eigenvalue weighted by Gasteiger charge is 2.75. The van der Waals surface area contributed by atoms with Gasteiger partial charge in [-0.1, -0.05) is 51.1 Å². The zero-order valence-corrected chi connectivity index (χ0v) is 32.5. The molecule has 0 amide bonds. The molecule has 0 bridgehead atoms. The first-order chi connectivity index (χ1) is 25.3. The molecule has 2 aromatic carbocycles. The fraction of sp³-hybridized carbons (Fsp3) is 0.605. The Morgan fingerprint density at radius 1 is 1.06 bits per heavy atom. The molecule has 5 heterocycles. The zero-order chi connectivity index (χ0) is 37.7. The van der Waals surface area contributed by atoms with E-state index >= 15 is 4.79 Å². The molecule has 4 aliphatic heterocycles. The van der Waals surface area contributed by atoms with Gasteiger partial charge in [-0.15, -0.1) is 0 Å². The Labute approximate surface area is 313 Å². The molecule has 53 heavy (non-hydrogen) atoms. The average Bonchev–Trinajstić information content (AvgIpc) is 3.80. The lowest BCUT2D eigenvalue weighted by atomic mass is 9.48. The van der Waals surface area contributed by atoms with Gasteiger partial charge in [-0.3, -0.25) is 9.69 Å². The van der Waals surface area contributed by atoms with Crippen LogP contribution >= 0.6 is 0 Å². The van der Waals surface area contributed by atoms with E-state index in [1.54, 1.807) is 7.11 Å². The maximum atomic E-state index is 15.1. The number of aliphatic hydroxyl groups excluding tert-OH is 1. The van der Waals surface area contributed by atoms with E-state index in [9.17, 15) is 15.3 Å². The highest BCUT2D eigenvalue weighted by atomic mass is 16.5. The molecule has 5 aliphatic rings. The minimum absolute atomic E-state index is 0.0648. The van der Waals surface area contributed by atoms with Crippen molar-refractivity contribution in [2.75, 3.05) is 52.3 Å². The second-order valence-electron chi connectivity index (χ2n) is 17.2. The van der Waals surface area contributed by atoms with Crippen molar-refractivity contribution < 1.29 is 29.6 Å². The van der Waals surface area contributed by atoms with Crippen LogP contribution < -0.4 is 15.0 Å². The summed E-state index contributed by atoms with van der Waals surface area (Å²) in [5.74, 6) is 0.0751. The molecule has 10 heteroatoms. The molecule has 1 saturated carbocycles. The Hall–Kier alpha value is -3.41. The molecule has 9 atom stereocenters. The number of aromatic amines is 1. The average molecular weight is 727 g/mol. The van der Waals surface area contributed by atoms with Crippen molar-refractivity contribution in [3.05, 3.63) is 70.9 Å². The number of nitrogens with one attached hydrogen (secondary N) is 2. The van der Waals surface area contributed by atoms with Gasteiger partial charge in [-0.2, -0.15) is 0 Å². The van der Waals surface area contributed by atoms with Crippen LogP contribution in [0.4, 0.5) is 5.69 Å². The van der Waals surface area contributed by atoms with Gasteiger partial charge in [0.05, 0.1) is 32.0 Å². The maximum absolute atomic E-state index is 15.1. The number of esters is 1. The molecule has 2 fully saturated rings. The number of carbonyl (C=O) groups excluding carboxylic acids is 1. The van der Waals surface area contributed by atoms with Crippen LogP contribution in [0.15, 0.2) is 48.6 Å². The number of fused-ring (bicyclic) bond motifs is 4. The predicted molar refractivity (Wildman–Crippen MR) is 207 cm³/mol. The number of ether oxygens (including phenoxy) is 2. The minimum Gasteiger partial charge on any atom is -0.496 e. The van der Waals surface area contributed by atoms with Crippen LogP contribution in [0.1, 0.15) is 82.2 Å². The van der Waals surface area contributed by atoms with Crippen LogP contribution in [0.2, 0.25) is 0 Å². The molecule has 0 radical (unpaired) electrons. The van der Waals surface area contributed by atoms with Crippen LogP contribution in [0.5, 0.6) is 5.75 Å². The molecular weight excluding hydrogens is 668 g/mol. The van der Waals surface area contributed by atoms with Crippen LogP contribution in [0.3, 0.4) is 0 Å². The lowest BCUT2D eigenvalue weighted by molar-refractivity contribution is -0.190. The Kier molecular flexibility index (Phi) is 8.67. The molecule has 8 rings (SSSR count). The molecule has 1 spiro atoms. The predicted octanol–water partition coefficient (Wildman–Crippen LogP) is 4.56. The molecule has 1 aromatic heterocycles. The summed E-state index contributed by atoms with van der Waals surface area (Å²) in [6, 6.07) is 12.0. The summed E-state index contributed by atoms with van der Waals surface area (Å²) in [5.41, 5.74) is 0.573. The lowest BCUT2D eigenvalue weighted by Gasteiger charge is -2.63. The van der Waals surface area contributed by atoms with Gasteiger partial charge in [-0.05, 0) is 87.7 Å². The summed E-state index contributed by atoms with van der Waals surface area (Å²) in [4.78, 5) is 23.5. The van der Waals surface area contributed by atoms with E-state index < -0.39 is 39.6 Å². The number of β-amino-alcohol motifs (C(OH)–C–C–N with tert-alkyl or cyclic N) is 1. The first-order valence-electron chi connectivity index (χ1n) is 19.7. The summed E-state index contributed by atoms with van der Waals surface area (Å²) in [6.45, 7) is 10.8. The summed E-state index contributed by atoms with van der Waals surface area (Å²) < 4.78 is 12.2. The Morgan fingerprint density at radius 2 is 1.83 bits per heavy atom. The first kappa shape index (κ1) is 36.6. The van der Waals surface area contributed by atoms with Crippen molar-refractivity contribution in [3.63, 3.8) is 0 Å². The summed E-state index contributed by atoms with van der Waals surface area (Å²) in [5, 5.41) is 41.3. The third-order valence-corrected chi connectivity index (χ3v) is 14.5. The molecule has 1 aliphatic carbocycles. The molecule has 1 saturated heterocycles. The normalized spacial score (nSPS) is 38.1. The van der Waals surface area contributed by atoms with Crippen molar-refractivity contribution >= 4 is 22.6 Å². The number of anilines is 1. The summed E-state index contributed by atoms with van der Waals surface area (Å²) in [7, 11) is 5.15. The smallest absolute Gasteiger partial charge is 0.322 e. The topological polar surface area (TPSA) is 131 Å². The van der Waals surface area contributed by atoms with Gasteiger partial charge in [0.15, 0.2) is 0 Å². The summed E-state index contributed by atoms with van der Waals surface area (Å²) >= 11 is 0. The van der Waals surface area contributed by atoms with Crippen LogP contribution in [-0.4, -0.2) is 108 Å². The van der Waals surface area contributed by atoms with Crippen molar-refractivity contribution in [1.82, 2.24) is 15.2 Å². The summed E-state index contributed by atoms with van der Waals surface area (Å²) in [6.07, 6.45) is 6.92. The SMILES string of the molecule is CCC1(O)CNCCc2c([nH]c3ccccc23)[C@@](C(=O)OC)(c2cc3c(cc2OC)N(C)C2[C@](C)(O)[C@H](O)[C@]4(CC)C=CCN5CC[C@]32[C@@H]54)C[C@H](C)C1. The number of hydrogen-bond acceptors (Lipinski definition) is 9. The number of aliphatic hydroxyl groups is 3. The van der Waals surface area contributed by atoms with Gasteiger partial charge in [0.25, 0.3) is 0 Å². The monoisotopic (exact) mass is 726 g/mol. The number of hydrogen-bond donors (Lipinski definition) is 5. The third kappa shape index (κ3) is 4.78. The van der Waals surface area contributed by atoms with E-state index in [1.807, 2.05) is 33.0 Å². The Bertz CT molecular complexity index is 1960. The highest BCUT2D eigenvalue weighted by Crippen LogP contribution is 2.67. The zero-order valence-electron chi connectivity index (χ0n) is 32.5. The van der Waals surface area contributed by atoms with E-state index in [4.69, 9.17) is 9.47 Å². The van der Waals surface area contributed by atoms with E-state index in [-0.39, 0.29) is 17.9 Å². The molecule has 2 unspecified atom stereocenters. The molecule has 3 aromatic rings. The van der Waals surface area contributed by atoms with Gasteiger partial charge >= 0.3 is 5.97 Å². The van der Waals surface area contributed by atoms with Gasteiger partial charge in [0, 0.05) is 70.9 Å². The first-order valence-corrected chi connectivity index (χ1v) is 19.7. The van der Waals surface area contributed by atoms with Crippen LogP contribution in [-0.2, 0) is 26.8 Å². The van der Waals surface area contributed by atoms with Gasteiger partial charge in [-0.25, -0.2) is 0 Å². The molecule has 5 N–H and O–H groups in total. The van der Waals surface area contributed by atoms with E-state index in [0.29, 0.717) is 50.9 Å². The van der Waals surface area contributed by atoms with E-state index in [0.717, 1.165) is 58.5 Å². The largest absolute Gasteiger partial charge is 0.496 e. The second kappa shape index (κ2) is 12.6. The number of benzene rings is 2. The van der Waals surface area contributed by atoms with Gasteiger partial charge < -0.3 is 40.0 Å². The highest BCUT2D eigenvalue weighted by molar-refractivity contribution is 5.94. The number of nitrogens with zero attached hydrogens (tertiary/aromatic N) is 2. The fourth-order valence-corrected chi connectivity index (χ4v) is 12.5. The fourth-order valence-electron chi connectivity index (χ4n) is 12.5. The number of likely N-dealkylation sites (N-methyl/N-ethyl adjacent to an activating group) is 1. The van der Waals surface area contributed by atoms with Crippen molar-refractivity contribution in [2.24, 2.45) is 11.3 Å². The van der Waals surface area contributed by atoms with Crippen LogP contribution in [0, 0.1) is 11.3 Å². The van der Waals surface area contributed by atoms with Gasteiger partial charge in [0.2, 0.25) is 0 Å². The van der Waals surface area contributed by atoms with E-state index in [2.05, 4.69) is 70.4 Å². The van der Waals surface area contributed by atoms with Crippen LogP contribution in [0.25, 0.3) is 10.9 Å². The maximum Gasteiger partial charge on any atom is 0.322 e. The Balaban J connectivity index is 1.45. The number of carbonyl (C=O) groups is 1. The molecule has 286 valence electrons. The van der Waals surface area contributed by atoms with Crippen molar-refractivity contribution in [3.8, 4) is 5.75 Å². The van der Waals surface area contributed by atoms with Crippen molar-refractivity contribution in [2.45, 2.75) is 106 Å². The number of H-pyrrole nitrogens is 1. The second-order valence-corrected chi connectivity index (χ2v) is 17.2. The van der Waals surface area contributed by atoms with Crippen molar-refractivity contribution in [1.29, 1.82) is 0 Å². The Morgan fingerprint density at radius 3 is 2.55 bits per heavy atom. The molecule has 10 nitrogen and oxygen atoms in total.